The molecule has 104 valence electrons. The van der Waals surface area contributed by atoms with E-state index < -0.39 is 4.92 Å². The summed E-state index contributed by atoms with van der Waals surface area (Å²) < 4.78 is 5.55. The molecule has 0 aliphatic carbocycles. The van der Waals surface area contributed by atoms with E-state index in [9.17, 15) is 15.2 Å². The number of hydrogen-bond donors (Lipinski definition) is 1. The van der Waals surface area contributed by atoms with Gasteiger partial charge < -0.3 is 9.84 Å². The molecule has 2 aromatic carbocycles. The van der Waals surface area contributed by atoms with Crippen LogP contribution in [0.3, 0.4) is 0 Å². The van der Waals surface area contributed by atoms with E-state index >= 15 is 0 Å². The Bertz CT molecular complexity index is 661. The van der Waals surface area contributed by atoms with Crippen LogP contribution in [0.1, 0.15) is 5.56 Å². The number of nitrogens with zero attached hydrogens (tertiary/aromatic N) is 1. The summed E-state index contributed by atoms with van der Waals surface area (Å²) in [5.74, 6) is 0.588. The van der Waals surface area contributed by atoms with Gasteiger partial charge in [-0.3, -0.25) is 10.1 Å². The first kappa shape index (κ1) is 14.6. The number of para-hydroxylation sites is 1. The highest BCUT2D eigenvalue weighted by Crippen LogP contribution is 2.35. The van der Waals surface area contributed by atoms with Crippen LogP contribution in [0.4, 0.5) is 5.69 Å². The number of hydrogen-bond acceptors (Lipinski definition) is 4. The van der Waals surface area contributed by atoms with E-state index in [-0.39, 0.29) is 17.3 Å². The Morgan fingerprint density at radius 3 is 2.55 bits per heavy atom. The third-order valence-corrected chi connectivity index (χ3v) is 3.15. The van der Waals surface area contributed by atoms with Gasteiger partial charge in [-0.15, -0.1) is 0 Å². The number of aliphatic hydroxyl groups excluding tert-OH is 1. The fourth-order valence-corrected chi connectivity index (χ4v) is 2.08. The highest BCUT2D eigenvalue weighted by molar-refractivity contribution is 6.33. The van der Waals surface area contributed by atoms with Crippen LogP contribution in [0.5, 0.6) is 11.5 Å². The molecule has 20 heavy (non-hydrogen) atoms. The van der Waals surface area contributed by atoms with E-state index in [2.05, 4.69) is 0 Å². The molecular formula is C13H9Cl2NO4. The predicted molar refractivity (Wildman–Crippen MR) is 75.6 cm³/mol. The van der Waals surface area contributed by atoms with Crippen LogP contribution in [-0.4, -0.2) is 10.0 Å². The monoisotopic (exact) mass is 313 g/mol. The molecule has 0 saturated heterocycles. The van der Waals surface area contributed by atoms with Crippen molar-refractivity contribution in [3.8, 4) is 11.5 Å². The highest BCUT2D eigenvalue weighted by Gasteiger charge is 2.14. The topological polar surface area (TPSA) is 72.6 Å². The number of ether oxygens (including phenoxy) is 1. The van der Waals surface area contributed by atoms with E-state index in [1.807, 2.05) is 0 Å². The van der Waals surface area contributed by atoms with Crippen molar-refractivity contribution in [2.75, 3.05) is 0 Å². The van der Waals surface area contributed by atoms with Crippen molar-refractivity contribution in [3.05, 3.63) is 62.1 Å². The molecule has 0 aliphatic rings. The van der Waals surface area contributed by atoms with Crippen molar-refractivity contribution in [1.82, 2.24) is 0 Å². The summed E-state index contributed by atoms with van der Waals surface area (Å²) in [5.41, 5.74) is 0.299. The van der Waals surface area contributed by atoms with Crippen LogP contribution < -0.4 is 4.74 Å². The Hall–Kier alpha value is -1.82. The van der Waals surface area contributed by atoms with Crippen LogP contribution in [0.25, 0.3) is 0 Å². The molecule has 1 N–H and O–H groups in total. The Morgan fingerprint density at radius 1 is 1.20 bits per heavy atom. The minimum Gasteiger partial charge on any atom is -0.455 e. The molecule has 0 heterocycles. The van der Waals surface area contributed by atoms with Gasteiger partial charge in [0, 0.05) is 17.7 Å². The largest absolute Gasteiger partial charge is 0.455 e. The van der Waals surface area contributed by atoms with Gasteiger partial charge in [0.05, 0.1) is 16.6 Å². The Balaban J connectivity index is 2.36. The van der Waals surface area contributed by atoms with Crippen molar-refractivity contribution in [3.63, 3.8) is 0 Å². The Labute approximate surface area is 124 Å². The number of aliphatic hydroxyl groups is 1. The van der Waals surface area contributed by atoms with Crippen molar-refractivity contribution in [1.29, 1.82) is 0 Å². The summed E-state index contributed by atoms with van der Waals surface area (Å²) in [7, 11) is 0. The first-order chi connectivity index (χ1) is 9.52. The molecule has 0 aromatic heterocycles. The molecule has 0 atom stereocenters. The molecule has 0 amide bonds. The molecule has 0 saturated carbocycles. The number of rotatable bonds is 4. The number of nitro benzene ring substituents is 1. The zero-order valence-corrected chi connectivity index (χ0v) is 11.6. The number of nitro groups is 1. The quantitative estimate of drug-likeness (QED) is 0.678. The maximum Gasteiger partial charge on any atom is 0.288 e. The molecule has 0 aliphatic heterocycles. The van der Waals surface area contributed by atoms with Gasteiger partial charge in [-0.25, -0.2) is 0 Å². The zero-order valence-electron chi connectivity index (χ0n) is 10.0. The van der Waals surface area contributed by atoms with Gasteiger partial charge in [-0.2, -0.15) is 0 Å². The van der Waals surface area contributed by atoms with Gasteiger partial charge in [0.15, 0.2) is 5.75 Å². The first-order valence-corrected chi connectivity index (χ1v) is 6.28. The minimum absolute atomic E-state index is 0.0369. The van der Waals surface area contributed by atoms with Gasteiger partial charge in [0.25, 0.3) is 5.69 Å². The van der Waals surface area contributed by atoms with E-state index in [1.165, 1.54) is 18.2 Å². The summed E-state index contributed by atoms with van der Waals surface area (Å²) in [4.78, 5) is 10.1. The van der Waals surface area contributed by atoms with Crippen LogP contribution in [-0.2, 0) is 6.61 Å². The normalized spacial score (nSPS) is 10.3. The SMILES string of the molecule is O=[N+]([O-])c1ccc(Oc2c(Cl)cccc2CO)cc1Cl. The van der Waals surface area contributed by atoms with E-state index in [4.69, 9.17) is 27.9 Å². The summed E-state index contributed by atoms with van der Waals surface area (Å²) in [5, 5.41) is 20.2. The summed E-state index contributed by atoms with van der Waals surface area (Å²) >= 11 is 11.8. The van der Waals surface area contributed by atoms with Gasteiger partial charge >= 0.3 is 0 Å². The van der Waals surface area contributed by atoms with Crippen LogP contribution in [0.15, 0.2) is 36.4 Å². The number of halogens is 2. The van der Waals surface area contributed by atoms with Gasteiger partial charge in [0.1, 0.15) is 10.8 Å². The molecule has 5 nitrogen and oxygen atoms in total. The lowest BCUT2D eigenvalue weighted by Gasteiger charge is -2.11. The van der Waals surface area contributed by atoms with Gasteiger partial charge in [-0.1, -0.05) is 35.3 Å². The average Bonchev–Trinajstić information content (AvgIpc) is 2.40. The minimum atomic E-state index is -0.583. The molecule has 0 bridgehead atoms. The van der Waals surface area contributed by atoms with Crippen molar-refractivity contribution in [2.24, 2.45) is 0 Å². The third kappa shape index (κ3) is 3.01. The summed E-state index contributed by atoms with van der Waals surface area (Å²) in [6.07, 6.45) is 0. The van der Waals surface area contributed by atoms with Crippen LogP contribution >= 0.6 is 23.2 Å². The smallest absolute Gasteiger partial charge is 0.288 e. The average molecular weight is 314 g/mol. The second-order valence-electron chi connectivity index (χ2n) is 3.86. The van der Waals surface area contributed by atoms with E-state index in [0.29, 0.717) is 22.1 Å². The highest BCUT2D eigenvalue weighted by atomic mass is 35.5. The molecule has 7 heteroatoms. The summed E-state index contributed by atoms with van der Waals surface area (Å²) in [6.45, 7) is -0.239. The second-order valence-corrected chi connectivity index (χ2v) is 4.67. The molecule has 2 rings (SSSR count). The molecular weight excluding hydrogens is 305 g/mol. The van der Waals surface area contributed by atoms with Gasteiger partial charge in [0.2, 0.25) is 0 Å². The van der Waals surface area contributed by atoms with Gasteiger partial charge in [-0.05, 0) is 12.1 Å². The standard InChI is InChI=1S/C13H9Cl2NO4/c14-10-3-1-2-8(7-17)13(10)20-9-4-5-12(16(18)19)11(15)6-9/h1-6,17H,7H2. The van der Waals surface area contributed by atoms with E-state index in [1.54, 1.807) is 18.2 Å². The lowest BCUT2D eigenvalue weighted by molar-refractivity contribution is -0.384. The zero-order chi connectivity index (χ0) is 14.7. The van der Waals surface area contributed by atoms with Crippen molar-refractivity contribution >= 4 is 28.9 Å². The Morgan fingerprint density at radius 2 is 1.95 bits per heavy atom. The van der Waals surface area contributed by atoms with Crippen LogP contribution in [0.2, 0.25) is 10.0 Å². The fourth-order valence-electron chi connectivity index (χ4n) is 1.61. The van der Waals surface area contributed by atoms with Crippen molar-refractivity contribution < 1.29 is 14.8 Å². The molecule has 0 unspecified atom stereocenters. The molecule has 2 aromatic rings. The predicted octanol–water partition coefficient (Wildman–Crippen LogP) is 4.19. The molecule has 0 radical (unpaired) electrons. The number of benzene rings is 2. The van der Waals surface area contributed by atoms with E-state index in [0.717, 1.165) is 0 Å². The van der Waals surface area contributed by atoms with Crippen LogP contribution in [0, 0.1) is 10.1 Å². The summed E-state index contributed by atoms with van der Waals surface area (Å²) in [6, 6.07) is 8.94. The lowest BCUT2D eigenvalue weighted by atomic mass is 10.2. The maximum atomic E-state index is 10.7. The molecule has 0 spiro atoms. The lowest BCUT2D eigenvalue weighted by Crippen LogP contribution is -1.94. The maximum absolute atomic E-state index is 10.7. The fraction of sp³-hybridized carbons (Fsp3) is 0.0769. The second kappa shape index (κ2) is 6.09. The Kier molecular flexibility index (Phi) is 4.44. The third-order valence-electron chi connectivity index (χ3n) is 2.55. The molecule has 0 fully saturated rings. The van der Waals surface area contributed by atoms with Crippen molar-refractivity contribution in [2.45, 2.75) is 6.61 Å². The first-order valence-electron chi connectivity index (χ1n) is 5.53.